The third-order valence-corrected chi connectivity index (χ3v) is 3.38. The number of esters is 1. The van der Waals surface area contributed by atoms with Crippen LogP contribution in [0.5, 0.6) is 0 Å². The molecule has 1 fully saturated rings. The second-order valence-electron chi connectivity index (χ2n) is 8.02. The minimum Gasteiger partial charge on any atom is -0.467 e. The number of ether oxygens (including phenoxy) is 3. The summed E-state index contributed by atoms with van der Waals surface area (Å²) in [6.07, 6.45) is -2.71. The first-order valence-corrected chi connectivity index (χ1v) is 7.61. The van der Waals surface area contributed by atoms with E-state index >= 15 is 0 Å². The van der Waals surface area contributed by atoms with Gasteiger partial charge in [0.05, 0.1) is 7.11 Å². The first-order chi connectivity index (χ1) is 10.6. The number of carbonyl (C=O) groups excluding carboxylic acids is 3. The van der Waals surface area contributed by atoms with E-state index in [9.17, 15) is 18.8 Å². The van der Waals surface area contributed by atoms with Gasteiger partial charge in [0.15, 0.2) is 5.54 Å². The normalized spacial score (nSPS) is 26.4. The maximum absolute atomic E-state index is 14.6. The summed E-state index contributed by atoms with van der Waals surface area (Å²) in [5.74, 6) is -1.04. The van der Waals surface area contributed by atoms with Gasteiger partial charge in [-0.15, -0.1) is 0 Å². The van der Waals surface area contributed by atoms with E-state index < -0.39 is 40.6 Å². The Kier molecular flexibility index (Phi) is 4.96. The van der Waals surface area contributed by atoms with Crippen molar-refractivity contribution in [3.63, 3.8) is 0 Å². The zero-order valence-corrected chi connectivity index (χ0v) is 15.5. The van der Waals surface area contributed by atoms with Gasteiger partial charge in [-0.05, 0) is 48.5 Å². The molecule has 1 saturated carbocycles. The molecule has 2 amide bonds. The molecule has 0 saturated heterocycles. The van der Waals surface area contributed by atoms with Crippen LogP contribution in [0, 0.1) is 0 Å². The number of nitrogens with zero attached hydrogens (tertiary/aromatic N) is 1. The van der Waals surface area contributed by atoms with Crippen LogP contribution in [0.15, 0.2) is 0 Å². The van der Waals surface area contributed by atoms with Crippen molar-refractivity contribution >= 4 is 18.2 Å². The molecule has 0 aromatic heterocycles. The van der Waals surface area contributed by atoms with Crippen LogP contribution in [0.25, 0.3) is 0 Å². The summed E-state index contributed by atoms with van der Waals surface area (Å²) >= 11 is 0. The number of imide groups is 1. The molecule has 1 aliphatic carbocycles. The van der Waals surface area contributed by atoms with E-state index in [1.807, 2.05) is 0 Å². The fourth-order valence-electron chi connectivity index (χ4n) is 2.29. The third kappa shape index (κ3) is 3.96. The first-order valence-electron chi connectivity index (χ1n) is 7.61. The smallest absolute Gasteiger partial charge is 0.420 e. The Morgan fingerprint density at radius 3 is 1.50 bits per heavy atom. The third-order valence-electron chi connectivity index (χ3n) is 3.38. The van der Waals surface area contributed by atoms with Crippen molar-refractivity contribution in [1.29, 1.82) is 0 Å². The SMILES string of the molecule is COC(=O)[C@@]1(N(C(=O)OC(C)(C)C)C(=O)OC(C)(C)C)C[C@]1(C)F. The van der Waals surface area contributed by atoms with E-state index in [4.69, 9.17) is 9.47 Å². The van der Waals surface area contributed by atoms with Crippen LogP contribution in [-0.4, -0.2) is 52.6 Å². The fraction of sp³-hybridized carbons (Fsp3) is 0.812. The highest BCUT2D eigenvalue weighted by Crippen LogP contribution is 2.56. The highest BCUT2D eigenvalue weighted by molar-refractivity contribution is 6.00. The van der Waals surface area contributed by atoms with E-state index in [0.29, 0.717) is 4.90 Å². The summed E-state index contributed by atoms with van der Waals surface area (Å²) in [5, 5.41) is 0. The Bertz CT molecular complexity index is 518. The van der Waals surface area contributed by atoms with Gasteiger partial charge in [-0.2, -0.15) is 4.90 Å². The molecule has 0 aromatic carbocycles. The topological polar surface area (TPSA) is 82.1 Å². The maximum atomic E-state index is 14.6. The van der Waals surface area contributed by atoms with Gasteiger partial charge in [-0.1, -0.05) is 0 Å². The van der Waals surface area contributed by atoms with Crippen LogP contribution in [0.1, 0.15) is 54.9 Å². The molecule has 0 aromatic rings. The molecule has 138 valence electrons. The molecular weight excluding hydrogens is 321 g/mol. The largest absolute Gasteiger partial charge is 0.467 e. The van der Waals surface area contributed by atoms with Crippen molar-refractivity contribution in [2.75, 3.05) is 7.11 Å². The van der Waals surface area contributed by atoms with E-state index in [1.165, 1.54) is 0 Å². The zero-order chi connectivity index (χ0) is 19.1. The Balaban J connectivity index is 3.31. The molecule has 1 rings (SSSR count). The fourth-order valence-corrected chi connectivity index (χ4v) is 2.29. The van der Waals surface area contributed by atoms with Crippen LogP contribution < -0.4 is 0 Å². The molecule has 2 atom stereocenters. The van der Waals surface area contributed by atoms with Crippen molar-refractivity contribution in [1.82, 2.24) is 4.90 Å². The molecule has 0 spiro atoms. The molecule has 1 aliphatic rings. The molecule has 0 bridgehead atoms. The lowest BCUT2D eigenvalue weighted by Gasteiger charge is -2.33. The van der Waals surface area contributed by atoms with E-state index in [0.717, 1.165) is 14.0 Å². The summed E-state index contributed by atoms with van der Waals surface area (Å²) < 4.78 is 29.6. The number of amides is 2. The summed E-state index contributed by atoms with van der Waals surface area (Å²) in [6, 6.07) is 0. The predicted molar refractivity (Wildman–Crippen MR) is 83.2 cm³/mol. The van der Waals surface area contributed by atoms with Gasteiger partial charge in [-0.25, -0.2) is 18.8 Å². The number of hydrogen-bond donors (Lipinski definition) is 0. The minimum atomic E-state index is -2.13. The average Bonchev–Trinajstić information content (AvgIpc) is 2.87. The van der Waals surface area contributed by atoms with Gasteiger partial charge in [0.2, 0.25) is 0 Å². The summed E-state index contributed by atoms with van der Waals surface area (Å²) in [6.45, 7) is 10.6. The molecule has 7 nitrogen and oxygen atoms in total. The van der Waals surface area contributed by atoms with Crippen LogP contribution in [0.2, 0.25) is 0 Å². The van der Waals surface area contributed by atoms with Crippen LogP contribution >= 0.6 is 0 Å². The van der Waals surface area contributed by atoms with Crippen molar-refractivity contribution in [2.45, 2.75) is 77.3 Å². The minimum absolute atomic E-state index is 0.384. The van der Waals surface area contributed by atoms with Crippen molar-refractivity contribution in [2.24, 2.45) is 0 Å². The van der Waals surface area contributed by atoms with Gasteiger partial charge in [0.1, 0.15) is 16.9 Å². The number of hydrogen-bond acceptors (Lipinski definition) is 6. The van der Waals surface area contributed by atoms with Gasteiger partial charge in [-0.3, -0.25) is 0 Å². The van der Waals surface area contributed by atoms with E-state index in [-0.39, 0.29) is 6.42 Å². The molecule has 24 heavy (non-hydrogen) atoms. The molecular formula is C16H26FNO6. The molecule has 0 N–H and O–H groups in total. The van der Waals surface area contributed by atoms with Crippen molar-refractivity contribution in [3.05, 3.63) is 0 Å². The molecule has 8 heteroatoms. The highest BCUT2D eigenvalue weighted by atomic mass is 19.1. The number of methoxy groups -OCH3 is 1. The van der Waals surface area contributed by atoms with Gasteiger partial charge < -0.3 is 14.2 Å². The zero-order valence-electron chi connectivity index (χ0n) is 15.5. The number of halogens is 1. The number of carbonyl (C=O) groups is 3. The Labute approximate surface area is 141 Å². The lowest BCUT2D eigenvalue weighted by atomic mass is 10.1. The molecule has 0 aliphatic heterocycles. The Hall–Kier alpha value is -1.86. The standard InChI is InChI=1S/C16H26FNO6/c1-13(2,3)23-11(20)18(12(21)24-14(4,5)6)16(10(19)22-8)9-15(16,7)17/h9H2,1-8H3/t15-,16-/m0/s1. The maximum Gasteiger partial charge on any atom is 0.420 e. The van der Waals surface area contributed by atoms with E-state index in [2.05, 4.69) is 4.74 Å². The summed E-state index contributed by atoms with van der Waals surface area (Å²) in [4.78, 5) is 37.6. The number of rotatable bonds is 2. The Morgan fingerprint density at radius 2 is 1.29 bits per heavy atom. The lowest BCUT2D eigenvalue weighted by molar-refractivity contribution is -0.150. The van der Waals surface area contributed by atoms with Gasteiger partial charge in [0, 0.05) is 6.42 Å². The highest BCUT2D eigenvalue weighted by Gasteiger charge is 2.79. The van der Waals surface area contributed by atoms with Gasteiger partial charge in [0.25, 0.3) is 0 Å². The Morgan fingerprint density at radius 1 is 0.958 bits per heavy atom. The molecule has 0 unspecified atom stereocenters. The second-order valence-corrected chi connectivity index (χ2v) is 8.02. The lowest BCUT2D eigenvalue weighted by Crippen LogP contribution is -2.56. The van der Waals surface area contributed by atoms with Crippen molar-refractivity contribution in [3.8, 4) is 0 Å². The van der Waals surface area contributed by atoms with Gasteiger partial charge >= 0.3 is 18.2 Å². The molecule has 0 radical (unpaired) electrons. The van der Waals surface area contributed by atoms with Crippen LogP contribution in [-0.2, 0) is 19.0 Å². The average molecular weight is 347 g/mol. The molecule has 0 heterocycles. The summed E-state index contributed by atoms with van der Waals surface area (Å²) in [7, 11) is 1.06. The quantitative estimate of drug-likeness (QED) is 0.563. The summed E-state index contributed by atoms with van der Waals surface area (Å²) in [5.41, 5.74) is -6.12. The van der Waals surface area contributed by atoms with Crippen LogP contribution in [0.3, 0.4) is 0 Å². The second kappa shape index (κ2) is 5.89. The predicted octanol–water partition coefficient (Wildman–Crippen LogP) is 3.20. The monoisotopic (exact) mass is 347 g/mol. The van der Waals surface area contributed by atoms with E-state index in [1.54, 1.807) is 41.5 Å². The first kappa shape index (κ1) is 20.2. The van der Waals surface area contributed by atoms with Crippen molar-refractivity contribution < 1.29 is 33.0 Å². The number of alkyl halides is 1. The van der Waals surface area contributed by atoms with Crippen LogP contribution in [0.4, 0.5) is 14.0 Å².